The van der Waals surface area contributed by atoms with Gasteiger partial charge < -0.3 is 9.84 Å². The summed E-state index contributed by atoms with van der Waals surface area (Å²) in [6.07, 6.45) is 3.35. The molecule has 0 radical (unpaired) electrons. The predicted octanol–water partition coefficient (Wildman–Crippen LogP) is 4.09. The average Bonchev–Trinajstić information content (AvgIpc) is 3.36. The van der Waals surface area contributed by atoms with Gasteiger partial charge in [0.1, 0.15) is 10.8 Å². The maximum atomic E-state index is 13.1. The number of hydrogen-bond acceptors (Lipinski definition) is 7. The number of rotatable bonds is 7. The summed E-state index contributed by atoms with van der Waals surface area (Å²) in [7, 11) is 0. The third-order valence-corrected chi connectivity index (χ3v) is 6.59. The molecule has 4 heterocycles. The van der Waals surface area contributed by atoms with Crippen molar-refractivity contribution in [3.8, 4) is 0 Å². The van der Waals surface area contributed by atoms with Crippen LogP contribution in [-0.4, -0.2) is 30.2 Å². The van der Waals surface area contributed by atoms with Crippen LogP contribution in [0.5, 0.6) is 0 Å². The fraction of sp³-hybridized carbons (Fsp3) is 0.160. The van der Waals surface area contributed by atoms with Gasteiger partial charge in [-0.3, -0.25) is 9.20 Å². The molecule has 9 nitrogen and oxygen atoms in total. The van der Waals surface area contributed by atoms with Gasteiger partial charge >= 0.3 is 5.69 Å². The number of aromatic nitrogens is 5. The van der Waals surface area contributed by atoms with Crippen molar-refractivity contribution >= 4 is 29.0 Å². The lowest BCUT2D eigenvalue weighted by Crippen LogP contribution is -2.21. The maximum absolute atomic E-state index is 13.1. The van der Waals surface area contributed by atoms with Gasteiger partial charge in [0.15, 0.2) is 5.65 Å². The Hall–Kier alpha value is -4.18. The Kier molecular flexibility index (Phi) is 6.19. The third-order valence-electron chi connectivity index (χ3n) is 5.56. The van der Waals surface area contributed by atoms with E-state index in [0.717, 1.165) is 22.6 Å². The second kappa shape index (κ2) is 9.59. The smallest absolute Gasteiger partial charge is 0.350 e. The van der Waals surface area contributed by atoms with E-state index in [-0.39, 0.29) is 18.1 Å². The van der Waals surface area contributed by atoms with Crippen LogP contribution in [-0.2, 0) is 12.3 Å². The van der Waals surface area contributed by atoms with Gasteiger partial charge in [-0.1, -0.05) is 23.4 Å². The van der Waals surface area contributed by atoms with Crippen LogP contribution in [0.2, 0.25) is 0 Å². The van der Waals surface area contributed by atoms with Crippen LogP contribution in [0.25, 0.3) is 5.65 Å². The maximum Gasteiger partial charge on any atom is 0.350 e. The van der Waals surface area contributed by atoms with Crippen LogP contribution in [0.15, 0.2) is 81.3 Å². The number of fused-ring (bicyclic) bond motifs is 1. The van der Waals surface area contributed by atoms with Crippen molar-refractivity contribution in [3.63, 3.8) is 0 Å². The normalized spacial score (nSPS) is 11.1. The molecule has 35 heavy (non-hydrogen) atoms. The molecule has 10 heteroatoms. The summed E-state index contributed by atoms with van der Waals surface area (Å²) >= 11 is 1.46. The SMILES string of the molecule is Cc1noc(C)c1CSc1ncccc1C(=O)Nc1cccc(Cn2nc3ccccn3c2=O)c1. The molecule has 0 unspecified atom stereocenters. The highest BCUT2D eigenvalue weighted by molar-refractivity contribution is 7.98. The second-order valence-electron chi connectivity index (χ2n) is 7.97. The molecule has 0 aliphatic rings. The average molecular weight is 487 g/mol. The summed E-state index contributed by atoms with van der Waals surface area (Å²) in [6.45, 7) is 4.05. The first kappa shape index (κ1) is 22.6. The number of amides is 1. The molecule has 1 N–H and O–H groups in total. The molecule has 0 spiro atoms. The van der Waals surface area contributed by atoms with Crippen LogP contribution < -0.4 is 11.0 Å². The van der Waals surface area contributed by atoms with Gasteiger partial charge in [0.2, 0.25) is 0 Å². The molecule has 1 aromatic carbocycles. The number of thioether (sulfide) groups is 1. The Bertz CT molecular complexity index is 1570. The molecule has 176 valence electrons. The summed E-state index contributed by atoms with van der Waals surface area (Å²) in [5.41, 5.74) is 4.14. The minimum atomic E-state index is -0.263. The lowest BCUT2D eigenvalue weighted by molar-refractivity contribution is 0.102. The van der Waals surface area contributed by atoms with Crippen molar-refractivity contribution in [1.82, 2.24) is 24.3 Å². The van der Waals surface area contributed by atoms with Crippen LogP contribution >= 0.6 is 11.8 Å². The van der Waals surface area contributed by atoms with E-state index < -0.39 is 0 Å². The second-order valence-corrected chi connectivity index (χ2v) is 8.94. The van der Waals surface area contributed by atoms with Crippen molar-refractivity contribution in [2.75, 3.05) is 5.32 Å². The molecule has 5 aromatic rings. The molecule has 0 saturated heterocycles. The summed E-state index contributed by atoms with van der Waals surface area (Å²) < 4.78 is 8.13. The fourth-order valence-corrected chi connectivity index (χ4v) is 4.86. The largest absolute Gasteiger partial charge is 0.361 e. The van der Waals surface area contributed by atoms with E-state index in [9.17, 15) is 9.59 Å². The Morgan fingerprint density at radius 2 is 2.00 bits per heavy atom. The van der Waals surface area contributed by atoms with Crippen molar-refractivity contribution in [2.24, 2.45) is 0 Å². The van der Waals surface area contributed by atoms with Crippen molar-refractivity contribution in [1.29, 1.82) is 0 Å². The minimum Gasteiger partial charge on any atom is -0.361 e. The van der Waals surface area contributed by atoms with Crippen LogP contribution in [0.1, 0.15) is 32.9 Å². The molecule has 0 fully saturated rings. The molecule has 1 amide bonds. The van der Waals surface area contributed by atoms with E-state index in [1.807, 2.05) is 38.1 Å². The summed E-state index contributed by atoms with van der Waals surface area (Å²) in [5.74, 6) is 1.10. The number of hydrogen-bond donors (Lipinski definition) is 1. The van der Waals surface area contributed by atoms with Gasteiger partial charge in [-0.05, 0) is 55.8 Å². The van der Waals surface area contributed by atoms with Gasteiger partial charge in [-0.15, -0.1) is 16.9 Å². The zero-order valence-corrected chi connectivity index (χ0v) is 20.0. The lowest BCUT2D eigenvalue weighted by Gasteiger charge is -2.10. The number of benzene rings is 1. The zero-order chi connectivity index (χ0) is 24.4. The molecule has 0 aliphatic heterocycles. The lowest BCUT2D eigenvalue weighted by atomic mass is 10.2. The van der Waals surface area contributed by atoms with Crippen LogP contribution in [0, 0.1) is 13.8 Å². The standard InChI is InChI=1S/C25H22N6O3S/c1-16-21(17(2)34-29-16)15-35-24-20(9-6-11-26-24)23(32)27-19-8-5-7-18(13-19)14-31-25(33)30-12-4-3-10-22(30)28-31/h3-13H,14-15H2,1-2H3,(H,27,32). The predicted molar refractivity (Wildman–Crippen MR) is 133 cm³/mol. The highest BCUT2D eigenvalue weighted by atomic mass is 32.2. The molecule has 5 rings (SSSR count). The molecular weight excluding hydrogens is 464 g/mol. The zero-order valence-electron chi connectivity index (χ0n) is 19.1. The number of anilines is 1. The number of carbonyl (C=O) groups excluding carboxylic acids is 1. The van der Waals surface area contributed by atoms with E-state index in [4.69, 9.17) is 4.52 Å². The molecule has 0 aliphatic carbocycles. The highest BCUT2D eigenvalue weighted by Crippen LogP contribution is 2.27. The number of carbonyl (C=O) groups is 1. The molecule has 4 aromatic heterocycles. The highest BCUT2D eigenvalue weighted by Gasteiger charge is 2.16. The van der Waals surface area contributed by atoms with Crippen molar-refractivity contribution in [2.45, 2.75) is 31.2 Å². The number of nitrogens with zero attached hydrogens (tertiary/aromatic N) is 5. The number of nitrogens with one attached hydrogen (secondary N) is 1. The molecule has 0 bridgehead atoms. The summed E-state index contributed by atoms with van der Waals surface area (Å²) in [4.78, 5) is 30.1. The van der Waals surface area contributed by atoms with Crippen LogP contribution in [0.3, 0.4) is 0 Å². The summed E-state index contributed by atoms with van der Waals surface area (Å²) in [6, 6.07) is 16.3. The van der Waals surface area contributed by atoms with Gasteiger partial charge in [-0.25, -0.2) is 14.5 Å². The van der Waals surface area contributed by atoms with Gasteiger partial charge in [0.25, 0.3) is 5.91 Å². The van der Waals surface area contributed by atoms with Gasteiger partial charge in [0.05, 0.1) is 17.8 Å². The number of aryl methyl sites for hydroxylation is 2. The fourth-order valence-electron chi connectivity index (χ4n) is 3.72. The van der Waals surface area contributed by atoms with Crippen molar-refractivity contribution in [3.05, 3.63) is 106 Å². The monoisotopic (exact) mass is 486 g/mol. The topological polar surface area (TPSA) is 107 Å². The summed E-state index contributed by atoms with van der Waals surface area (Å²) in [5, 5.41) is 11.9. The van der Waals surface area contributed by atoms with Gasteiger partial charge in [-0.2, -0.15) is 0 Å². The quantitative estimate of drug-likeness (QED) is 0.345. The first-order chi connectivity index (χ1) is 17.0. The first-order valence-corrected chi connectivity index (χ1v) is 11.9. The van der Waals surface area contributed by atoms with Crippen molar-refractivity contribution < 1.29 is 9.32 Å². The Balaban J connectivity index is 1.32. The molecular formula is C25H22N6O3S. The van der Waals surface area contributed by atoms with E-state index in [2.05, 4.69) is 20.6 Å². The molecule has 0 saturated carbocycles. The molecule has 0 atom stereocenters. The van der Waals surface area contributed by atoms with Crippen LogP contribution in [0.4, 0.5) is 5.69 Å². The minimum absolute atomic E-state index is 0.217. The Morgan fingerprint density at radius 1 is 1.11 bits per heavy atom. The van der Waals surface area contributed by atoms with E-state index in [0.29, 0.717) is 27.7 Å². The van der Waals surface area contributed by atoms with E-state index in [1.165, 1.54) is 20.8 Å². The Morgan fingerprint density at radius 3 is 2.80 bits per heavy atom. The third kappa shape index (κ3) is 4.73. The van der Waals surface area contributed by atoms with E-state index >= 15 is 0 Å². The first-order valence-electron chi connectivity index (χ1n) is 10.9. The van der Waals surface area contributed by atoms with Gasteiger partial charge in [0, 0.05) is 29.4 Å². The van der Waals surface area contributed by atoms with E-state index in [1.54, 1.807) is 42.7 Å². The Labute approximate surface area is 204 Å². The number of pyridine rings is 2.